The Balaban J connectivity index is 2.15. The quantitative estimate of drug-likeness (QED) is 0.825. The van der Waals surface area contributed by atoms with E-state index in [0.717, 1.165) is 16.9 Å². The van der Waals surface area contributed by atoms with Crippen LogP contribution in [0.5, 0.6) is 11.5 Å². The summed E-state index contributed by atoms with van der Waals surface area (Å²) in [4.78, 5) is 12.4. The van der Waals surface area contributed by atoms with E-state index in [4.69, 9.17) is 9.47 Å². The van der Waals surface area contributed by atoms with Crippen molar-refractivity contribution in [2.75, 3.05) is 13.2 Å². The molecule has 0 saturated carbocycles. The van der Waals surface area contributed by atoms with Crippen LogP contribution in [-0.4, -0.2) is 19.1 Å². The van der Waals surface area contributed by atoms with Crippen LogP contribution < -0.4 is 14.8 Å². The molecule has 0 heterocycles. The molecule has 0 aromatic heterocycles. The molecule has 1 atom stereocenters. The molecule has 1 amide bonds. The molecule has 0 aliphatic heterocycles. The summed E-state index contributed by atoms with van der Waals surface area (Å²) in [6.07, 6.45) is 0. The summed E-state index contributed by atoms with van der Waals surface area (Å²) >= 11 is 0. The van der Waals surface area contributed by atoms with E-state index in [9.17, 15) is 4.79 Å². The van der Waals surface area contributed by atoms with Gasteiger partial charge in [-0.2, -0.15) is 0 Å². The van der Waals surface area contributed by atoms with Crippen molar-refractivity contribution < 1.29 is 14.3 Å². The van der Waals surface area contributed by atoms with E-state index in [0.29, 0.717) is 24.5 Å². The number of amides is 1. The van der Waals surface area contributed by atoms with E-state index < -0.39 is 0 Å². The molecule has 1 unspecified atom stereocenters. The number of benzene rings is 2. The topological polar surface area (TPSA) is 47.6 Å². The van der Waals surface area contributed by atoms with Gasteiger partial charge in [-0.1, -0.05) is 23.8 Å². The van der Waals surface area contributed by atoms with E-state index in [2.05, 4.69) is 5.32 Å². The van der Waals surface area contributed by atoms with Crippen LogP contribution >= 0.6 is 0 Å². The molecule has 0 radical (unpaired) electrons. The molecule has 0 aliphatic carbocycles. The second-order valence-electron chi connectivity index (χ2n) is 5.64. The maximum Gasteiger partial charge on any atom is 0.251 e. The summed E-state index contributed by atoms with van der Waals surface area (Å²) in [6.45, 7) is 8.95. The summed E-state index contributed by atoms with van der Waals surface area (Å²) in [7, 11) is 0. The molecule has 0 aliphatic rings. The summed E-state index contributed by atoms with van der Waals surface area (Å²) in [6, 6.07) is 13.2. The Kier molecular flexibility index (Phi) is 6.24. The highest BCUT2D eigenvalue weighted by Gasteiger charge is 2.14. The second-order valence-corrected chi connectivity index (χ2v) is 5.64. The highest BCUT2D eigenvalue weighted by Crippen LogP contribution is 2.30. The van der Waals surface area contributed by atoms with Crippen molar-refractivity contribution in [3.63, 3.8) is 0 Å². The Morgan fingerprint density at radius 3 is 2.42 bits per heavy atom. The number of hydrogen-bond donors (Lipinski definition) is 1. The second kappa shape index (κ2) is 8.39. The van der Waals surface area contributed by atoms with Crippen molar-refractivity contribution >= 4 is 5.91 Å². The van der Waals surface area contributed by atoms with Crippen molar-refractivity contribution in [3.8, 4) is 11.5 Å². The molecule has 4 heteroatoms. The minimum absolute atomic E-state index is 0.0851. The van der Waals surface area contributed by atoms with Crippen LogP contribution in [0, 0.1) is 6.92 Å². The third-order valence-corrected chi connectivity index (χ3v) is 3.70. The van der Waals surface area contributed by atoms with Gasteiger partial charge in [0.05, 0.1) is 19.3 Å². The zero-order valence-electron chi connectivity index (χ0n) is 14.8. The van der Waals surface area contributed by atoms with Crippen LogP contribution in [0.3, 0.4) is 0 Å². The highest BCUT2D eigenvalue weighted by atomic mass is 16.5. The lowest BCUT2D eigenvalue weighted by Gasteiger charge is -2.17. The minimum Gasteiger partial charge on any atom is -0.490 e. The Morgan fingerprint density at radius 1 is 1.04 bits per heavy atom. The Hall–Kier alpha value is -2.49. The zero-order chi connectivity index (χ0) is 17.5. The van der Waals surface area contributed by atoms with Gasteiger partial charge in [0, 0.05) is 5.56 Å². The molecular weight excluding hydrogens is 302 g/mol. The molecule has 2 aromatic rings. The van der Waals surface area contributed by atoms with Gasteiger partial charge in [0.25, 0.3) is 5.91 Å². The van der Waals surface area contributed by atoms with Gasteiger partial charge in [-0.05, 0) is 57.5 Å². The van der Waals surface area contributed by atoms with Crippen LogP contribution in [0.2, 0.25) is 0 Å². The zero-order valence-corrected chi connectivity index (χ0v) is 14.8. The Bertz CT molecular complexity index is 697. The molecule has 0 fully saturated rings. The summed E-state index contributed by atoms with van der Waals surface area (Å²) < 4.78 is 11.2. The Morgan fingerprint density at radius 2 is 1.75 bits per heavy atom. The molecule has 128 valence electrons. The summed E-state index contributed by atoms with van der Waals surface area (Å²) in [5.74, 6) is 1.34. The smallest absolute Gasteiger partial charge is 0.251 e. The minimum atomic E-state index is -0.132. The first-order valence-electron chi connectivity index (χ1n) is 8.32. The standard InChI is InChI=1S/C20H25NO3/c1-5-23-18-11-10-16(13-19(18)24-6-2)15(4)21-20(22)17-9-7-8-14(3)12-17/h7-13,15H,5-6H2,1-4H3,(H,21,22). The van der Waals surface area contributed by atoms with Crippen molar-refractivity contribution in [2.45, 2.75) is 33.7 Å². The Labute approximate surface area is 143 Å². The fourth-order valence-corrected chi connectivity index (χ4v) is 2.49. The largest absolute Gasteiger partial charge is 0.490 e. The molecule has 2 rings (SSSR count). The number of aryl methyl sites for hydroxylation is 1. The number of carbonyl (C=O) groups is 1. The van der Waals surface area contributed by atoms with Crippen LogP contribution in [0.25, 0.3) is 0 Å². The first-order chi connectivity index (χ1) is 11.5. The van der Waals surface area contributed by atoms with E-state index >= 15 is 0 Å². The number of rotatable bonds is 7. The molecule has 24 heavy (non-hydrogen) atoms. The first kappa shape index (κ1) is 17.9. The van der Waals surface area contributed by atoms with E-state index in [1.54, 1.807) is 0 Å². The average Bonchev–Trinajstić information content (AvgIpc) is 2.56. The lowest BCUT2D eigenvalue weighted by Crippen LogP contribution is -2.26. The maximum absolute atomic E-state index is 12.4. The number of ether oxygens (including phenoxy) is 2. The van der Waals surface area contributed by atoms with Gasteiger partial charge in [-0.15, -0.1) is 0 Å². The van der Waals surface area contributed by atoms with Gasteiger partial charge in [0.2, 0.25) is 0 Å². The summed E-state index contributed by atoms with van der Waals surface area (Å²) in [5.41, 5.74) is 2.70. The predicted octanol–water partition coefficient (Wildman–Crippen LogP) is 4.28. The van der Waals surface area contributed by atoms with Gasteiger partial charge in [-0.25, -0.2) is 0 Å². The molecule has 1 N–H and O–H groups in total. The van der Waals surface area contributed by atoms with Crippen molar-refractivity contribution in [3.05, 3.63) is 59.2 Å². The molecule has 0 spiro atoms. The van der Waals surface area contributed by atoms with E-state index in [1.165, 1.54) is 0 Å². The molecule has 0 saturated heterocycles. The monoisotopic (exact) mass is 327 g/mol. The predicted molar refractivity (Wildman–Crippen MR) is 95.8 cm³/mol. The third-order valence-electron chi connectivity index (χ3n) is 3.70. The van der Waals surface area contributed by atoms with Gasteiger partial charge in [0.15, 0.2) is 11.5 Å². The van der Waals surface area contributed by atoms with Gasteiger partial charge < -0.3 is 14.8 Å². The fourth-order valence-electron chi connectivity index (χ4n) is 2.49. The normalized spacial score (nSPS) is 11.7. The van der Waals surface area contributed by atoms with Crippen LogP contribution in [0.15, 0.2) is 42.5 Å². The van der Waals surface area contributed by atoms with Crippen molar-refractivity contribution in [2.24, 2.45) is 0 Å². The number of hydrogen-bond acceptors (Lipinski definition) is 3. The number of carbonyl (C=O) groups excluding carboxylic acids is 1. The molecule has 0 bridgehead atoms. The molecular formula is C20H25NO3. The highest BCUT2D eigenvalue weighted by molar-refractivity contribution is 5.94. The lowest BCUT2D eigenvalue weighted by molar-refractivity contribution is 0.0939. The lowest BCUT2D eigenvalue weighted by atomic mass is 10.1. The summed E-state index contributed by atoms with van der Waals surface area (Å²) in [5, 5.41) is 3.03. The fraction of sp³-hybridized carbons (Fsp3) is 0.350. The molecule has 4 nitrogen and oxygen atoms in total. The van der Waals surface area contributed by atoms with E-state index in [-0.39, 0.29) is 11.9 Å². The van der Waals surface area contributed by atoms with Gasteiger partial charge >= 0.3 is 0 Å². The van der Waals surface area contributed by atoms with E-state index in [1.807, 2.05) is 70.2 Å². The SMILES string of the molecule is CCOc1ccc(C(C)NC(=O)c2cccc(C)c2)cc1OCC. The maximum atomic E-state index is 12.4. The van der Waals surface area contributed by atoms with Gasteiger partial charge in [0.1, 0.15) is 0 Å². The van der Waals surface area contributed by atoms with Crippen LogP contribution in [0.4, 0.5) is 0 Å². The first-order valence-corrected chi connectivity index (χ1v) is 8.32. The van der Waals surface area contributed by atoms with Crippen LogP contribution in [-0.2, 0) is 0 Å². The van der Waals surface area contributed by atoms with Crippen molar-refractivity contribution in [1.29, 1.82) is 0 Å². The van der Waals surface area contributed by atoms with Gasteiger partial charge in [-0.3, -0.25) is 4.79 Å². The van der Waals surface area contributed by atoms with Crippen molar-refractivity contribution in [1.82, 2.24) is 5.32 Å². The van der Waals surface area contributed by atoms with Crippen LogP contribution in [0.1, 0.15) is 48.3 Å². The average molecular weight is 327 g/mol. The number of nitrogens with one attached hydrogen (secondary N) is 1. The third kappa shape index (κ3) is 4.51. The molecule has 2 aromatic carbocycles.